The average Bonchev–Trinajstić information content (AvgIpc) is 2.94. The largest absolute Gasteiger partial charge is 0.378 e. The molecular weight excluding hydrogens is 506 g/mol. The van der Waals surface area contributed by atoms with Crippen LogP contribution in [0.1, 0.15) is 0 Å². The number of piperazine rings is 1. The fourth-order valence-electron chi connectivity index (χ4n) is 4.42. The normalized spacial score (nSPS) is 16.3. The number of carbonyl (C=O) groups is 1. The molecule has 3 heterocycles. The molecule has 2 saturated heterocycles. The highest BCUT2D eigenvalue weighted by Gasteiger charge is 2.22. The van der Waals surface area contributed by atoms with E-state index in [2.05, 4.69) is 42.5 Å². The van der Waals surface area contributed by atoms with Crippen LogP contribution in [0.5, 0.6) is 0 Å². The van der Waals surface area contributed by atoms with Gasteiger partial charge in [-0.3, -0.25) is 0 Å². The Balaban J connectivity index is 1.14. The number of hydrogen-bond donors (Lipinski definition) is 2. The molecule has 0 radical (unpaired) electrons. The first-order valence-electron chi connectivity index (χ1n) is 12.5. The molecule has 0 bridgehead atoms. The van der Waals surface area contributed by atoms with Gasteiger partial charge in [0.25, 0.3) is 0 Å². The van der Waals surface area contributed by atoms with Gasteiger partial charge < -0.3 is 30.1 Å². The van der Waals surface area contributed by atoms with Crippen molar-refractivity contribution in [1.82, 2.24) is 14.9 Å². The molecule has 0 unspecified atom stereocenters. The summed E-state index contributed by atoms with van der Waals surface area (Å²) in [6.07, 6.45) is 2.88. The molecule has 5 rings (SSSR count). The van der Waals surface area contributed by atoms with Crippen molar-refractivity contribution in [3.8, 4) is 0 Å². The zero-order valence-corrected chi connectivity index (χ0v) is 22.0. The summed E-state index contributed by atoms with van der Waals surface area (Å²) < 4.78 is 28.7. The van der Waals surface area contributed by atoms with Gasteiger partial charge in [0.1, 0.15) is 5.82 Å². The molecule has 2 fully saturated rings. The summed E-state index contributed by atoms with van der Waals surface area (Å²) >= 11 is 0. The van der Waals surface area contributed by atoms with Gasteiger partial charge in [0.15, 0.2) is 9.84 Å². The zero-order chi connectivity index (χ0) is 26.5. The number of nitrogens with zero attached hydrogens (tertiary/aromatic N) is 5. The Kier molecular flexibility index (Phi) is 7.61. The molecule has 12 heteroatoms. The monoisotopic (exact) mass is 537 g/mol. The van der Waals surface area contributed by atoms with Gasteiger partial charge in [0.05, 0.1) is 18.1 Å². The number of rotatable bonds is 6. The SMILES string of the molecule is CS(=O)(=O)c1ccc(NC(=O)N2CCN(c3ccnc(Nc4ccc(N5CCOCC5)cc4)n3)CC2)cc1. The fraction of sp³-hybridized carbons (Fsp3) is 0.346. The molecule has 0 aliphatic carbocycles. The Labute approximate surface area is 222 Å². The number of ether oxygens (including phenoxy) is 1. The van der Waals surface area contributed by atoms with E-state index in [0.29, 0.717) is 37.8 Å². The molecule has 1 aromatic heterocycles. The van der Waals surface area contributed by atoms with E-state index in [1.54, 1.807) is 23.2 Å². The second-order valence-corrected chi connectivity index (χ2v) is 11.2. The summed E-state index contributed by atoms with van der Waals surface area (Å²) in [7, 11) is -3.28. The van der Waals surface area contributed by atoms with Gasteiger partial charge in [0.2, 0.25) is 5.95 Å². The lowest BCUT2D eigenvalue weighted by Crippen LogP contribution is -2.50. The maximum Gasteiger partial charge on any atom is 0.321 e. The first-order valence-corrected chi connectivity index (χ1v) is 14.4. The molecule has 2 aliphatic heterocycles. The highest BCUT2D eigenvalue weighted by atomic mass is 32.2. The Morgan fingerprint density at radius 1 is 0.842 bits per heavy atom. The topological polar surface area (TPSA) is 120 Å². The zero-order valence-electron chi connectivity index (χ0n) is 21.2. The van der Waals surface area contributed by atoms with Gasteiger partial charge in [-0.25, -0.2) is 18.2 Å². The predicted molar refractivity (Wildman–Crippen MR) is 147 cm³/mol. The van der Waals surface area contributed by atoms with Gasteiger partial charge in [-0.2, -0.15) is 4.98 Å². The first kappa shape index (κ1) is 25.7. The van der Waals surface area contributed by atoms with Crippen molar-refractivity contribution < 1.29 is 17.9 Å². The summed E-state index contributed by atoms with van der Waals surface area (Å²) in [5, 5.41) is 6.11. The average molecular weight is 538 g/mol. The van der Waals surface area contributed by atoms with Crippen LogP contribution in [-0.4, -0.2) is 88.1 Å². The Hall–Kier alpha value is -3.90. The molecule has 2 aromatic carbocycles. The van der Waals surface area contributed by atoms with Crippen molar-refractivity contribution in [3.05, 3.63) is 60.8 Å². The van der Waals surface area contributed by atoms with E-state index >= 15 is 0 Å². The lowest BCUT2D eigenvalue weighted by molar-refractivity contribution is 0.122. The van der Waals surface area contributed by atoms with Crippen LogP contribution < -0.4 is 20.4 Å². The van der Waals surface area contributed by atoms with Gasteiger partial charge in [0, 0.05) is 68.8 Å². The van der Waals surface area contributed by atoms with Crippen molar-refractivity contribution in [2.45, 2.75) is 4.90 Å². The van der Waals surface area contributed by atoms with Gasteiger partial charge in [-0.15, -0.1) is 0 Å². The maximum absolute atomic E-state index is 12.7. The Morgan fingerprint density at radius 3 is 2.16 bits per heavy atom. The second-order valence-electron chi connectivity index (χ2n) is 9.21. The smallest absolute Gasteiger partial charge is 0.321 e. The molecule has 2 aliphatic rings. The van der Waals surface area contributed by atoms with E-state index in [-0.39, 0.29) is 10.9 Å². The van der Waals surface area contributed by atoms with Gasteiger partial charge in [-0.05, 0) is 54.6 Å². The van der Waals surface area contributed by atoms with Crippen LogP contribution in [0, 0.1) is 0 Å². The molecule has 200 valence electrons. The van der Waals surface area contributed by atoms with E-state index < -0.39 is 9.84 Å². The number of aromatic nitrogens is 2. The van der Waals surface area contributed by atoms with Crippen LogP contribution in [0.25, 0.3) is 0 Å². The molecule has 38 heavy (non-hydrogen) atoms. The molecule has 2 N–H and O–H groups in total. The van der Waals surface area contributed by atoms with E-state index in [0.717, 1.165) is 44.1 Å². The Morgan fingerprint density at radius 2 is 1.50 bits per heavy atom. The number of hydrogen-bond acceptors (Lipinski definition) is 9. The predicted octanol–water partition coefficient (Wildman–Crippen LogP) is 2.81. The number of morpholine rings is 1. The summed E-state index contributed by atoms with van der Waals surface area (Å²) in [5.41, 5.74) is 2.63. The molecule has 11 nitrogen and oxygen atoms in total. The molecular formula is C26H31N7O4S. The minimum absolute atomic E-state index is 0.216. The number of nitrogens with one attached hydrogen (secondary N) is 2. The van der Waals surface area contributed by atoms with Crippen LogP contribution in [0.15, 0.2) is 65.7 Å². The highest BCUT2D eigenvalue weighted by molar-refractivity contribution is 7.90. The number of amides is 2. The number of carbonyl (C=O) groups excluding carboxylic acids is 1. The molecule has 0 atom stereocenters. The molecule has 0 spiro atoms. The lowest BCUT2D eigenvalue weighted by atomic mass is 10.2. The van der Waals surface area contributed by atoms with Crippen LogP contribution in [0.3, 0.4) is 0 Å². The van der Waals surface area contributed by atoms with Crippen LogP contribution in [0.4, 0.5) is 33.6 Å². The molecule has 3 aromatic rings. The van der Waals surface area contributed by atoms with E-state index in [1.807, 2.05) is 18.2 Å². The van der Waals surface area contributed by atoms with Crippen molar-refractivity contribution in [2.75, 3.05) is 79.2 Å². The van der Waals surface area contributed by atoms with E-state index in [1.165, 1.54) is 17.8 Å². The summed E-state index contributed by atoms with van der Waals surface area (Å²) in [4.78, 5) is 28.1. The van der Waals surface area contributed by atoms with E-state index in [4.69, 9.17) is 4.74 Å². The van der Waals surface area contributed by atoms with Crippen LogP contribution in [-0.2, 0) is 14.6 Å². The molecule has 0 saturated carbocycles. The van der Waals surface area contributed by atoms with Crippen molar-refractivity contribution in [2.24, 2.45) is 0 Å². The van der Waals surface area contributed by atoms with Crippen molar-refractivity contribution >= 4 is 44.7 Å². The maximum atomic E-state index is 12.7. The summed E-state index contributed by atoms with van der Waals surface area (Å²) in [6.45, 7) is 5.61. The first-order chi connectivity index (χ1) is 18.3. The number of sulfone groups is 1. The number of urea groups is 1. The second kappa shape index (κ2) is 11.2. The van der Waals surface area contributed by atoms with Crippen molar-refractivity contribution in [3.63, 3.8) is 0 Å². The van der Waals surface area contributed by atoms with Crippen molar-refractivity contribution in [1.29, 1.82) is 0 Å². The molecule has 2 amide bonds. The quantitative estimate of drug-likeness (QED) is 0.489. The standard InChI is InChI=1S/C26H31N7O4S/c1-38(35,36)23-8-4-21(5-9-23)29-26(34)33-14-12-32(13-15-33)24-10-11-27-25(30-24)28-20-2-6-22(7-3-20)31-16-18-37-19-17-31/h2-11H,12-19H2,1H3,(H,29,34)(H,27,28,30). The highest BCUT2D eigenvalue weighted by Crippen LogP contribution is 2.22. The minimum Gasteiger partial charge on any atom is -0.378 e. The minimum atomic E-state index is -3.28. The van der Waals surface area contributed by atoms with Gasteiger partial charge >= 0.3 is 6.03 Å². The number of benzene rings is 2. The van der Waals surface area contributed by atoms with E-state index in [9.17, 15) is 13.2 Å². The third-order valence-electron chi connectivity index (χ3n) is 6.57. The number of anilines is 5. The lowest BCUT2D eigenvalue weighted by Gasteiger charge is -2.35. The third-order valence-corrected chi connectivity index (χ3v) is 7.69. The van der Waals surface area contributed by atoms with Crippen LogP contribution in [0.2, 0.25) is 0 Å². The Bertz CT molecular complexity index is 1350. The van der Waals surface area contributed by atoms with Crippen LogP contribution >= 0.6 is 0 Å². The van der Waals surface area contributed by atoms with Gasteiger partial charge in [-0.1, -0.05) is 0 Å². The fourth-order valence-corrected chi connectivity index (χ4v) is 5.05. The third kappa shape index (κ3) is 6.32. The summed E-state index contributed by atoms with van der Waals surface area (Å²) in [6, 6.07) is 16.0. The summed E-state index contributed by atoms with van der Waals surface area (Å²) in [5.74, 6) is 1.31.